The zero-order chi connectivity index (χ0) is 21.0. The van der Waals surface area contributed by atoms with Crippen molar-refractivity contribution < 1.29 is 4.79 Å². The van der Waals surface area contributed by atoms with Crippen molar-refractivity contribution in [1.82, 2.24) is 9.80 Å². The molecule has 0 saturated carbocycles. The van der Waals surface area contributed by atoms with Crippen LogP contribution in [-0.4, -0.2) is 54.5 Å². The second-order valence-electron chi connectivity index (χ2n) is 9.53. The highest BCUT2D eigenvalue weighted by molar-refractivity contribution is 5.83. The number of fused-ring (bicyclic) bond motifs is 3. The molecule has 3 unspecified atom stereocenters. The van der Waals surface area contributed by atoms with Gasteiger partial charge in [-0.05, 0) is 56.0 Å². The Morgan fingerprint density at radius 3 is 2.48 bits per heavy atom. The molecular weight excluding hydrogens is 382 g/mol. The lowest BCUT2D eigenvalue weighted by atomic mass is 9.88. The first-order valence-corrected chi connectivity index (χ1v) is 12.2. The van der Waals surface area contributed by atoms with Gasteiger partial charge in [0.25, 0.3) is 0 Å². The number of amides is 1. The van der Waals surface area contributed by atoms with E-state index in [4.69, 9.17) is 0 Å². The van der Waals surface area contributed by atoms with Gasteiger partial charge in [-0.3, -0.25) is 4.79 Å². The molecule has 0 bridgehead atoms. The Morgan fingerprint density at radius 2 is 1.68 bits per heavy atom. The van der Waals surface area contributed by atoms with Gasteiger partial charge in [0.1, 0.15) is 0 Å². The highest BCUT2D eigenvalue weighted by atomic mass is 16.2. The summed E-state index contributed by atoms with van der Waals surface area (Å²) in [7, 11) is 0. The first kappa shape index (κ1) is 20.6. The van der Waals surface area contributed by atoms with E-state index in [1.807, 2.05) is 6.07 Å². The number of rotatable bonds is 5. The molecule has 2 fully saturated rings. The third-order valence-electron chi connectivity index (χ3n) is 7.55. The Hall–Kier alpha value is -2.33. The maximum absolute atomic E-state index is 13.6. The molecule has 31 heavy (non-hydrogen) atoms. The molecule has 1 N–H and O–H groups in total. The van der Waals surface area contributed by atoms with Gasteiger partial charge in [0, 0.05) is 37.3 Å². The van der Waals surface area contributed by atoms with Crippen LogP contribution in [0.2, 0.25) is 0 Å². The quantitative estimate of drug-likeness (QED) is 0.756. The van der Waals surface area contributed by atoms with Crippen molar-refractivity contribution in [2.75, 3.05) is 38.0 Å². The van der Waals surface area contributed by atoms with Gasteiger partial charge in [-0.15, -0.1) is 0 Å². The summed E-state index contributed by atoms with van der Waals surface area (Å²) in [5, 5.41) is 3.75. The molecule has 4 heteroatoms. The lowest BCUT2D eigenvalue weighted by Crippen LogP contribution is -2.45. The van der Waals surface area contributed by atoms with Crippen molar-refractivity contribution in [2.24, 2.45) is 0 Å². The van der Waals surface area contributed by atoms with Crippen LogP contribution in [-0.2, 0) is 4.79 Å². The van der Waals surface area contributed by atoms with E-state index in [1.165, 1.54) is 36.1 Å². The molecule has 2 aromatic carbocycles. The maximum Gasteiger partial charge on any atom is 0.230 e. The van der Waals surface area contributed by atoms with Gasteiger partial charge in [-0.1, -0.05) is 61.4 Å². The molecule has 0 spiro atoms. The van der Waals surface area contributed by atoms with E-state index >= 15 is 0 Å². The van der Waals surface area contributed by atoms with Gasteiger partial charge >= 0.3 is 0 Å². The molecule has 1 amide bonds. The molecule has 5 rings (SSSR count). The fourth-order valence-electron chi connectivity index (χ4n) is 5.83. The van der Waals surface area contributed by atoms with E-state index in [-0.39, 0.29) is 5.92 Å². The largest absolute Gasteiger partial charge is 0.380 e. The first-order valence-electron chi connectivity index (χ1n) is 12.2. The SMILES string of the molecule is O=C(C(CCN1CCC2c3ccccc3NC2C1)c1ccccc1)N1CCCCCC1. The summed E-state index contributed by atoms with van der Waals surface area (Å²) in [6.07, 6.45) is 6.91. The molecule has 2 saturated heterocycles. The van der Waals surface area contributed by atoms with Crippen LogP contribution in [0.3, 0.4) is 0 Å². The van der Waals surface area contributed by atoms with Gasteiger partial charge in [-0.2, -0.15) is 0 Å². The molecule has 3 atom stereocenters. The molecule has 4 nitrogen and oxygen atoms in total. The van der Waals surface area contributed by atoms with Crippen molar-refractivity contribution in [3.05, 3.63) is 65.7 Å². The monoisotopic (exact) mass is 417 g/mol. The summed E-state index contributed by atoms with van der Waals surface area (Å²) >= 11 is 0. The van der Waals surface area contributed by atoms with Gasteiger partial charge in [0.2, 0.25) is 5.91 Å². The number of hydrogen-bond donors (Lipinski definition) is 1. The molecule has 0 radical (unpaired) electrons. The second kappa shape index (κ2) is 9.44. The average molecular weight is 418 g/mol. The fourth-order valence-corrected chi connectivity index (χ4v) is 5.83. The number of benzene rings is 2. The van der Waals surface area contributed by atoms with Crippen LogP contribution in [0.15, 0.2) is 54.6 Å². The summed E-state index contributed by atoms with van der Waals surface area (Å²) in [5.41, 5.74) is 3.99. The molecular formula is C27H35N3O. The number of nitrogens with one attached hydrogen (secondary N) is 1. The van der Waals surface area contributed by atoms with Gasteiger partial charge < -0.3 is 15.1 Å². The topological polar surface area (TPSA) is 35.6 Å². The van der Waals surface area contributed by atoms with Crippen LogP contribution in [0.5, 0.6) is 0 Å². The molecule has 0 aromatic heterocycles. The Morgan fingerprint density at radius 1 is 0.935 bits per heavy atom. The number of nitrogens with zero attached hydrogens (tertiary/aromatic N) is 2. The van der Waals surface area contributed by atoms with Crippen molar-refractivity contribution in [3.8, 4) is 0 Å². The van der Waals surface area contributed by atoms with Crippen molar-refractivity contribution in [1.29, 1.82) is 0 Å². The summed E-state index contributed by atoms with van der Waals surface area (Å²) in [6.45, 7) is 5.03. The number of hydrogen-bond acceptors (Lipinski definition) is 3. The Labute approximate surface area is 186 Å². The number of carbonyl (C=O) groups is 1. The average Bonchev–Trinajstić information content (AvgIpc) is 2.97. The van der Waals surface area contributed by atoms with Crippen LogP contribution in [0.25, 0.3) is 0 Å². The normalized spacial score (nSPS) is 24.6. The molecule has 3 aliphatic heterocycles. The third-order valence-corrected chi connectivity index (χ3v) is 7.55. The molecule has 3 aliphatic rings. The number of carbonyl (C=O) groups excluding carboxylic acids is 1. The predicted molar refractivity (Wildman–Crippen MR) is 126 cm³/mol. The number of anilines is 1. The van der Waals surface area contributed by atoms with Crippen LogP contribution in [0.1, 0.15) is 61.5 Å². The Bertz CT molecular complexity index is 875. The highest BCUT2D eigenvalue weighted by Crippen LogP contribution is 2.40. The van der Waals surface area contributed by atoms with E-state index in [2.05, 4.69) is 63.6 Å². The summed E-state index contributed by atoms with van der Waals surface area (Å²) in [6, 6.07) is 19.8. The van der Waals surface area contributed by atoms with Crippen LogP contribution in [0, 0.1) is 0 Å². The zero-order valence-corrected chi connectivity index (χ0v) is 18.5. The molecule has 164 valence electrons. The van der Waals surface area contributed by atoms with Crippen molar-refractivity contribution in [3.63, 3.8) is 0 Å². The molecule has 0 aliphatic carbocycles. The van der Waals surface area contributed by atoms with E-state index in [1.54, 1.807) is 0 Å². The minimum absolute atomic E-state index is 0.0224. The van der Waals surface area contributed by atoms with Crippen molar-refractivity contribution >= 4 is 11.6 Å². The highest BCUT2D eigenvalue weighted by Gasteiger charge is 2.36. The Kier molecular flexibility index (Phi) is 6.26. The maximum atomic E-state index is 13.6. The van der Waals surface area contributed by atoms with E-state index < -0.39 is 0 Å². The van der Waals surface area contributed by atoms with E-state index in [9.17, 15) is 4.79 Å². The lowest BCUT2D eigenvalue weighted by Gasteiger charge is -2.36. The summed E-state index contributed by atoms with van der Waals surface area (Å²) < 4.78 is 0. The van der Waals surface area contributed by atoms with Gasteiger partial charge in [0.15, 0.2) is 0 Å². The first-order chi connectivity index (χ1) is 15.3. The lowest BCUT2D eigenvalue weighted by molar-refractivity contribution is -0.133. The van der Waals surface area contributed by atoms with Crippen LogP contribution in [0.4, 0.5) is 5.69 Å². The molecule has 3 heterocycles. The van der Waals surface area contributed by atoms with Crippen LogP contribution >= 0.6 is 0 Å². The summed E-state index contributed by atoms with van der Waals surface area (Å²) in [5.74, 6) is 0.955. The fraction of sp³-hybridized carbons (Fsp3) is 0.519. The number of piperidine rings is 1. The van der Waals surface area contributed by atoms with E-state index in [0.29, 0.717) is 17.9 Å². The number of likely N-dealkylation sites (tertiary alicyclic amines) is 2. The Balaban J connectivity index is 1.24. The standard InChI is InChI=1S/C27H35N3O/c31-27(30-16-8-1-2-9-17-30)22(21-10-4-3-5-11-21)14-18-29-19-15-24-23-12-6-7-13-25(23)28-26(24)20-29/h3-7,10-13,22,24,26,28H,1-2,8-9,14-20H2. The minimum Gasteiger partial charge on any atom is -0.380 e. The van der Waals surface area contributed by atoms with Gasteiger partial charge in [0.05, 0.1) is 5.92 Å². The van der Waals surface area contributed by atoms with Gasteiger partial charge in [-0.25, -0.2) is 0 Å². The van der Waals surface area contributed by atoms with Crippen molar-refractivity contribution in [2.45, 2.75) is 56.4 Å². The van der Waals surface area contributed by atoms with E-state index in [0.717, 1.165) is 52.0 Å². The third kappa shape index (κ3) is 4.50. The molecule has 2 aromatic rings. The predicted octanol–water partition coefficient (Wildman–Crippen LogP) is 4.85. The number of para-hydroxylation sites is 1. The van der Waals surface area contributed by atoms with Crippen LogP contribution < -0.4 is 5.32 Å². The minimum atomic E-state index is -0.0224. The second-order valence-corrected chi connectivity index (χ2v) is 9.53. The smallest absolute Gasteiger partial charge is 0.230 e. The summed E-state index contributed by atoms with van der Waals surface area (Å²) in [4.78, 5) is 18.3. The zero-order valence-electron chi connectivity index (χ0n) is 18.5.